The van der Waals surface area contributed by atoms with Gasteiger partial charge in [-0.3, -0.25) is 4.79 Å². The molecule has 0 aromatic carbocycles. The van der Waals surface area contributed by atoms with E-state index in [0.717, 1.165) is 39.0 Å². The first-order valence-electron chi connectivity index (χ1n) is 5.74. The van der Waals surface area contributed by atoms with Crippen LogP contribution >= 0.6 is 0 Å². The van der Waals surface area contributed by atoms with E-state index in [4.69, 9.17) is 10.4 Å². The van der Waals surface area contributed by atoms with Crippen molar-refractivity contribution in [2.45, 2.75) is 19.3 Å². The van der Waals surface area contributed by atoms with Gasteiger partial charge in [0.15, 0.2) is 0 Å². The fourth-order valence-corrected chi connectivity index (χ4v) is 2.11. The molecule has 1 unspecified atom stereocenters. The third-order valence-corrected chi connectivity index (χ3v) is 2.85. The maximum Gasteiger partial charge on any atom is 0.317 e. The monoisotopic (exact) mass is 225 g/mol. The van der Waals surface area contributed by atoms with Crippen molar-refractivity contribution in [1.29, 1.82) is 5.26 Å². The topological polar surface area (TPSA) is 76.4 Å². The Labute approximate surface area is 96.0 Å². The van der Waals surface area contributed by atoms with Crippen molar-refractivity contribution in [2.24, 2.45) is 5.92 Å². The lowest BCUT2D eigenvalue weighted by Gasteiger charge is -2.32. The molecule has 5 heteroatoms. The van der Waals surface area contributed by atoms with Gasteiger partial charge in [-0.15, -0.1) is 0 Å². The molecule has 1 heterocycles. The van der Waals surface area contributed by atoms with Crippen LogP contribution in [0.3, 0.4) is 0 Å². The summed E-state index contributed by atoms with van der Waals surface area (Å²) in [5, 5.41) is 20.0. The molecular weight excluding hydrogens is 206 g/mol. The Bertz CT molecular complexity index is 262. The summed E-state index contributed by atoms with van der Waals surface area (Å²) < 4.78 is 0. The minimum Gasteiger partial charge on any atom is -0.480 e. The van der Waals surface area contributed by atoms with Gasteiger partial charge in [0, 0.05) is 19.5 Å². The molecule has 5 nitrogen and oxygen atoms in total. The van der Waals surface area contributed by atoms with Crippen LogP contribution in [0.4, 0.5) is 0 Å². The first kappa shape index (κ1) is 12.9. The number of aliphatic carboxylic acids is 1. The van der Waals surface area contributed by atoms with Crippen LogP contribution in [0.25, 0.3) is 0 Å². The molecule has 1 atom stereocenters. The number of hydrogen-bond donors (Lipinski definition) is 2. The predicted octanol–water partition coefficient (Wildman–Crippen LogP) is 0.286. The second kappa shape index (κ2) is 7.20. The zero-order valence-corrected chi connectivity index (χ0v) is 9.48. The molecular formula is C11H19N3O2. The molecule has 1 saturated heterocycles. The van der Waals surface area contributed by atoms with Crippen LogP contribution in [0.2, 0.25) is 0 Å². The molecule has 0 saturated carbocycles. The quantitative estimate of drug-likeness (QED) is 0.679. The number of likely N-dealkylation sites (tertiary alicyclic amines) is 1. The van der Waals surface area contributed by atoms with Crippen molar-refractivity contribution in [3.63, 3.8) is 0 Å². The molecule has 1 fully saturated rings. The van der Waals surface area contributed by atoms with Gasteiger partial charge in [0.25, 0.3) is 0 Å². The molecule has 0 aliphatic carbocycles. The fourth-order valence-electron chi connectivity index (χ4n) is 2.11. The lowest BCUT2D eigenvalue weighted by atomic mass is 9.98. The van der Waals surface area contributed by atoms with Crippen LogP contribution in [-0.4, -0.2) is 48.7 Å². The smallest absolute Gasteiger partial charge is 0.317 e. The Morgan fingerprint density at radius 2 is 2.44 bits per heavy atom. The number of nitrogens with zero attached hydrogens (tertiary/aromatic N) is 2. The number of nitriles is 1. The second-order valence-electron chi connectivity index (χ2n) is 4.24. The summed E-state index contributed by atoms with van der Waals surface area (Å²) in [5.74, 6) is -0.288. The normalized spacial score (nSPS) is 21.6. The van der Waals surface area contributed by atoms with Crippen molar-refractivity contribution in [1.82, 2.24) is 10.2 Å². The van der Waals surface area contributed by atoms with E-state index in [2.05, 4.69) is 16.3 Å². The SMILES string of the molecule is N#CCCN1CCCC(CNCC(=O)O)C1. The van der Waals surface area contributed by atoms with Crippen molar-refractivity contribution in [3.05, 3.63) is 0 Å². The summed E-state index contributed by atoms with van der Waals surface area (Å²) in [7, 11) is 0. The van der Waals surface area contributed by atoms with Crippen LogP contribution in [0, 0.1) is 17.2 Å². The Kier molecular flexibility index (Phi) is 5.83. The lowest BCUT2D eigenvalue weighted by molar-refractivity contribution is -0.136. The van der Waals surface area contributed by atoms with Gasteiger partial charge in [-0.2, -0.15) is 5.26 Å². The van der Waals surface area contributed by atoms with Gasteiger partial charge < -0.3 is 15.3 Å². The number of nitrogens with one attached hydrogen (secondary N) is 1. The van der Waals surface area contributed by atoms with Crippen LogP contribution in [0.15, 0.2) is 0 Å². The van der Waals surface area contributed by atoms with E-state index < -0.39 is 5.97 Å². The molecule has 0 radical (unpaired) electrons. The summed E-state index contributed by atoms with van der Waals surface area (Å²) in [6.07, 6.45) is 2.87. The van der Waals surface area contributed by atoms with Gasteiger partial charge in [-0.25, -0.2) is 0 Å². The molecule has 90 valence electrons. The molecule has 0 amide bonds. The summed E-state index contributed by atoms with van der Waals surface area (Å²) in [6.45, 7) is 3.68. The second-order valence-corrected chi connectivity index (χ2v) is 4.24. The van der Waals surface area contributed by atoms with Crippen LogP contribution in [0.5, 0.6) is 0 Å². The molecule has 1 aliphatic heterocycles. The summed E-state index contributed by atoms with van der Waals surface area (Å²) in [5.41, 5.74) is 0. The van der Waals surface area contributed by atoms with E-state index in [1.807, 2.05) is 0 Å². The number of piperidine rings is 1. The molecule has 2 N–H and O–H groups in total. The van der Waals surface area contributed by atoms with Crippen molar-refractivity contribution in [2.75, 3.05) is 32.7 Å². The number of rotatable bonds is 6. The summed E-state index contributed by atoms with van der Waals surface area (Å²) >= 11 is 0. The van der Waals surface area contributed by atoms with Crippen molar-refractivity contribution >= 4 is 5.97 Å². The van der Waals surface area contributed by atoms with Gasteiger partial charge in [0.2, 0.25) is 0 Å². The molecule has 0 bridgehead atoms. The first-order chi connectivity index (χ1) is 7.72. The number of carboxylic acids is 1. The van der Waals surface area contributed by atoms with Gasteiger partial charge in [0.1, 0.15) is 0 Å². The lowest BCUT2D eigenvalue weighted by Crippen LogP contribution is -2.40. The van der Waals surface area contributed by atoms with Crippen LogP contribution in [0.1, 0.15) is 19.3 Å². The Morgan fingerprint density at radius 1 is 1.62 bits per heavy atom. The highest BCUT2D eigenvalue weighted by atomic mass is 16.4. The zero-order valence-electron chi connectivity index (χ0n) is 9.48. The highest BCUT2D eigenvalue weighted by molar-refractivity contribution is 5.68. The standard InChI is InChI=1S/C11H19N3O2/c12-4-2-6-14-5-1-3-10(9-14)7-13-8-11(15)16/h10,13H,1-3,5-9H2,(H,15,16). The van der Waals surface area contributed by atoms with Crippen molar-refractivity contribution < 1.29 is 9.90 Å². The van der Waals surface area contributed by atoms with Crippen molar-refractivity contribution in [3.8, 4) is 6.07 Å². The highest BCUT2D eigenvalue weighted by Gasteiger charge is 2.19. The minimum absolute atomic E-state index is 0.0364. The van der Waals surface area contributed by atoms with E-state index in [1.165, 1.54) is 0 Å². The Balaban J connectivity index is 2.17. The summed E-state index contributed by atoms with van der Waals surface area (Å²) in [4.78, 5) is 12.6. The fraction of sp³-hybridized carbons (Fsp3) is 0.818. The van der Waals surface area contributed by atoms with E-state index in [0.29, 0.717) is 12.3 Å². The molecule has 1 aliphatic rings. The molecule has 0 spiro atoms. The predicted molar refractivity (Wildman–Crippen MR) is 59.9 cm³/mol. The zero-order chi connectivity index (χ0) is 11.8. The maximum absolute atomic E-state index is 10.3. The Hall–Kier alpha value is -1.12. The van der Waals surface area contributed by atoms with E-state index in [-0.39, 0.29) is 6.54 Å². The number of hydrogen-bond acceptors (Lipinski definition) is 4. The maximum atomic E-state index is 10.3. The largest absolute Gasteiger partial charge is 0.480 e. The molecule has 0 aromatic rings. The van der Waals surface area contributed by atoms with E-state index in [1.54, 1.807) is 0 Å². The average molecular weight is 225 g/mol. The molecule has 0 aromatic heterocycles. The van der Waals surface area contributed by atoms with Crippen LogP contribution in [-0.2, 0) is 4.79 Å². The number of carbonyl (C=O) groups is 1. The highest BCUT2D eigenvalue weighted by Crippen LogP contribution is 2.15. The first-order valence-corrected chi connectivity index (χ1v) is 5.74. The summed E-state index contributed by atoms with van der Waals surface area (Å²) in [6, 6.07) is 2.15. The van der Waals surface area contributed by atoms with Crippen LogP contribution < -0.4 is 5.32 Å². The van der Waals surface area contributed by atoms with Gasteiger partial charge in [-0.05, 0) is 31.8 Å². The van der Waals surface area contributed by atoms with Gasteiger partial charge in [-0.1, -0.05) is 0 Å². The third-order valence-electron chi connectivity index (χ3n) is 2.85. The molecule has 1 rings (SSSR count). The minimum atomic E-state index is -0.808. The van der Waals surface area contributed by atoms with Gasteiger partial charge >= 0.3 is 5.97 Å². The average Bonchev–Trinajstić information content (AvgIpc) is 2.26. The number of carboxylic acid groups (broad SMARTS) is 1. The van der Waals surface area contributed by atoms with E-state index in [9.17, 15) is 4.79 Å². The third kappa shape index (κ3) is 5.10. The van der Waals surface area contributed by atoms with Gasteiger partial charge in [0.05, 0.1) is 12.6 Å². The molecule has 16 heavy (non-hydrogen) atoms. The van der Waals surface area contributed by atoms with E-state index >= 15 is 0 Å². The Morgan fingerprint density at radius 3 is 3.12 bits per heavy atom.